The first-order chi connectivity index (χ1) is 7.73. The molecule has 0 atom stereocenters. The van der Waals surface area contributed by atoms with E-state index in [4.69, 9.17) is 9.47 Å². The van der Waals surface area contributed by atoms with E-state index in [1.807, 2.05) is 31.2 Å². The molecule has 1 aromatic carbocycles. The lowest BCUT2D eigenvalue weighted by Crippen LogP contribution is -2.45. The normalized spacial score (nSPS) is 17.6. The van der Waals surface area contributed by atoms with Crippen LogP contribution in [0.15, 0.2) is 24.3 Å². The Balaban J connectivity index is 1.97. The topological polar surface area (TPSA) is 30.5 Å². The van der Waals surface area contributed by atoms with Crippen LogP contribution in [0.2, 0.25) is 0 Å². The molecule has 0 aliphatic carbocycles. The van der Waals surface area contributed by atoms with Crippen molar-refractivity contribution in [2.75, 3.05) is 31.7 Å². The van der Waals surface area contributed by atoms with Gasteiger partial charge in [0.1, 0.15) is 5.75 Å². The van der Waals surface area contributed by atoms with E-state index in [2.05, 4.69) is 12.2 Å². The molecule has 2 rings (SSSR count). The second-order valence-corrected chi connectivity index (χ2v) is 4.59. The minimum atomic E-state index is 0.277. The van der Waals surface area contributed by atoms with Crippen molar-refractivity contribution in [1.29, 1.82) is 0 Å². The van der Waals surface area contributed by atoms with Gasteiger partial charge in [0, 0.05) is 12.0 Å². The van der Waals surface area contributed by atoms with E-state index in [1.165, 1.54) is 0 Å². The Kier molecular flexibility index (Phi) is 3.34. The standard InChI is InChI=1S/C13H19NO2/c1-3-16-12-7-5-4-6-11(12)14-8-13(2)9-15-10-13/h4-7,14H,3,8-10H2,1-2H3. The lowest BCUT2D eigenvalue weighted by molar-refractivity contribution is -0.0924. The average Bonchev–Trinajstić information content (AvgIpc) is 2.26. The van der Waals surface area contributed by atoms with Crippen LogP contribution in [0, 0.1) is 5.41 Å². The summed E-state index contributed by atoms with van der Waals surface area (Å²) >= 11 is 0. The predicted molar refractivity (Wildman–Crippen MR) is 65.0 cm³/mol. The van der Waals surface area contributed by atoms with Crippen LogP contribution < -0.4 is 10.1 Å². The Labute approximate surface area is 96.8 Å². The maximum atomic E-state index is 5.56. The highest BCUT2D eigenvalue weighted by Crippen LogP contribution is 2.29. The first-order valence-corrected chi connectivity index (χ1v) is 5.77. The van der Waals surface area contributed by atoms with Crippen LogP contribution >= 0.6 is 0 Å². The zero-order chi connectivity index (χ0) is 11.4. The molecule has 88 valence electrons. The van der Waals surface area contributed by atoms with Gasteiger partial charge in [-0.25, -0.2) is 0 Å². The number of rotatable bonds is 5. The molecule has 0 unspecified atom stereocenters. The van der Waals surface area contributed by atoms with E-state index < -0.39 is 0 Å². The SMILES string of the molecule is CCOc1ccccc1NCC1(C)COC1. The van der Waals surface area contributed by atoms with Crippen molar-refractivity contribution in [3.8, 4) is 5.75 Å². The lowest BCUT2D eigenvalue weighted by Gasteiger charge is -2.38. The third-order valence-corrected chi connectivity index (χ3v) is 2.79. The number of nitrogens with one attached hydrogen (secondary N) is 1. The molecule has 1 aliphatic heterocycles. The summed E-state index contributed by atoms with van der Waals surface area (Å²) in [7, 11) is 0. The quantitative estimate of drug-likeness (QED) is 0.828. The van der Waals surface area contributed by atoms with Crippen molar-refractivity contribution in [1.82, 2.24) is 0 Å². The van der Waals surface area contributed by atoms with Gasteiger partial charge in [0.2, 0.25) is 0 Å². The molecule has 1 aromatic rings. The smallest absolute Gasteiger partial charge is 0.142 e. The van der Waals surface area contributed by atoms with Crippen LogP contribution in [0.3, 0.4) is 0 Å². The maximum absolute atomic E-state index is 5.56. The molecule has 3 nitrogen and oxygen atoms in total. The van der Waals surface area contributed by atoms with Crippen LogP contribution in [0.1, 0.15) is 13.8 Å². The zero-order valence-corrected chi connectivity index (χ0v) is 9.95. The number of para-hydroxylation sites is 2. The summed E-state index contributed by atoms with van der Waals surface area (Å²) in [5.74, 6) is 0.925. The van der Waals surface area contributed by atoms with E-state index in [1.54, 1.807) is 0 Å². The molecule has 0 spiro atoms. The molecule has 1 N–H and O–H groups in total. The fourth-order valence-corrected chi connectivity index (χ4v) is 1.76. The minimum Gasteiger partial charge on any atom is -0.492 e. The van der Waals surface area contributed by atoms with Crippen LogP contribution in [0.25, 0.3) is 0 Å². The van der Waals surface area contributed by atoms with E-state index >= 15 is 0 Å². The summed E-state index contributed by atoms with van der Waals surface area (Å²) < 4.78 is 10.8. The van der Waals surface area contributed by atoms with Crippen molar-refractivity contribution in [3.63, 3.8) is 0 Å². The van der Waals surface area contributed by atoms with Gasteiger partial charge >= 0.3 is 0 Å². The second-order valence-electron chi connectivity index (χ2n) is 4.59. The summed E-state index contributed by atoms with van der Waals surface area (Å²) in [6, 6.07) is 8.05. The van der Waals surface area contributed by atoms with Crippen molar-refractivity contribution >= 4 is 5.69 Å². The summed E-state index contributed by atoms with van der Waals surface area (Å²) in [4.78, 5) is 0. The van der Waals surface area contributed by atoms with Gasteiger partial charge in [-0.3, -0.25) is 0 Å². The molecule has 1 aliphatic rings. The maximum Gasteiger partial charge on any atom is 0.142 e. The van der Waals surface area contributed by atoms with Gasteiger partial charge in [0.25, 0.3) is 0 Å². The first-order valence-electron chi connectivity index (χ1n) is 5.77. The van der Waals surface area contributed by atoms with E-state index in [0.717, 1.165) is 31.2 Å². The number of hydrogen-bond donors (Lipinski definition) is 1. The van der Waals surface area contributed by atoms with Crippen LogP contribution in [-0.2, 0) is 4.74 Å². The third-order valence-electron chi connectivity index (χ3n) is 2.79. The van der Waals surface area contributed by atoms with Crippen molar-refractivity contribution < 1.29 is 9.47 Å². The van der Waals surface area contributed by atoms with Crippen LogP contribution in [0.5, 0.6) is 5.75 Å². The molecule has 1 heterocycles. The fourth-order valence-electron chi connectivity index (χ4n) is 1.76. The summed E-state index contributed by atoms with van der Waals surface area (Å²) in [6.07, 6.45) is 0. The molecular formula is C13H19NO2. The molecule has 1 fully saturated rings. The van der Waals surface area contributed by atoms with Gasteiger partial charge in [-0.2, -0.15) is 0 Å². The van der Waals surface area contributed by atoms with Gasteiger partial charge in [0.15, 0.2) is 0 Å². The molecule has 1 saturated heterocycles. The van der Waals surface area contributed by atoms with E-state index in [-0.39, 0.29) is 5.41 Å². The Morgan fingerprint density at radius 2 is 2.12 bits per heavy atom. The molecule has 0 amide bonds. The Morgan fingerprint density at radius 1 is 1.38 bits per heavy atom. The van der Waals surface area contributed by atoms with Gasteiger partial charge < -0.3 is 14.8 Å². The van der Waals surface area contributed by atoms with Crippen molar-refractivity contribution in [2.45, 2.75) is 13.8 Å². The van der Waals surface area contributed by atoms with E-state index in [9.17, 15) is 0 Å². The summed E-state index contributed by atoms with van der Waals surface area (Å²) in [5.41, 5.74) is 1.34. The Bertz CT molecular complexity index is 348. The van der Waals surface area contributed by atoms with Gasteiger partial charge in [-0.15, -0.1) is 0 Å². The van der Waals surface area contributed by atoms with Gasteiger partial charge in [0.05, 0.1) is 25.5 Å². The molecule has 16 heavy (non-hydrogen) atoms. The number of benzene rings is 1. The Hall–Kier alpha value is -1.22. The van der Waals surface area contributed by atoms with Crippen molar-refractivity contribution in [2.24, 2.45) is 5.41 Å². The Morgan fingerprint density at radius 3 is 2.75 bits per heavy atom. The molecule has 0 radical (unpaired) electrons. The largest absolute Gasteiger partial charge is 0.492 e. The number of hydrogen-bond acceptors (Lipinski definition) is 3. The number of anilines is 1. The summed E-state index contributed by atoms with van der Waals surface area (Å²) in [5, 5.41) is 3.44. The highest BCUT2D eigenvalue weighted by molar-refractivity contribution is 5.56. The van der Waals surface area contributed by atoms with Gasteiger partial charge in [-0.1, -0.05) is 19.1 Å². The highest BCUT2D eigenvalue weighted by atomic mass is 16.5. The monoisotopic (exact) mass is 221 g/mol. The molecule has 0 bridgehead atoms. The zero-order valence-electron chi connectivity index (χ0n) is 9.95. The minimum absolute atomic E-state index is 0.277. The summed E-state index contributed by atoms with van der Waals surface area (Å²) in [6.45, 7) is 7.54. The first kappa shape index (κ1) is 11.3. The average molecular weight is 221 g/mol. The van der Waals surface area contributed by atoms with Gasteiger partial charge in [-0.05, 0) is 19.1 Å². The molecular weight excluding hydrogens is 202 g/mol. The fraction of sp³-hybridized carbons (Fsp3) is 0.538. The molecule has 0 saturated carbocycles. The third kappa shape index (κ3) is 2.47. The van der Waals surface area contributed by atoms with E-state index in [0.29, 0.717) is 6.61 Å². The van der Waals surface area contributed by atoms with Crippen LogP contribution in [0.4, 0.5) is 5.69 Å². The lowest BCUT2D eigenvalue weighted by atomic mass is 9.88. The second kappa shape index (κ2) is 4.74. The van der Waals surface area contributed by atoms with Crippen molar-refractivity contribution in [3.05, 3.63) is 24.3 Å². The van der Waals surface area contributed by atoms with Crippen LogP contribution in [-0.4, -0.2) is 26.4 Å². The highest BCUT2D eigenvalue weighted by Gasteiger charge is 2.33. The molecule has 0 aromatic heterocycles. The predicted octanol–water partition coefficient (Wildman–Crippen LogP) is 2.53. The molecule has 3 heteroatoms. The number of ether oxygens (including phenoxy) is 2.